The average molecular weight is 1170 g/mol. The maximum absolute atomic E-state index is 14.5. The summed E-state index contributed by atoms with van der Waals surface area (Å²) in [6.45, 7) is 0. The van der Waals surface area contributed by atoms with Crippen molar-refractivity contribution in [3.8, 4) is 0 Å². The van der Waals surface area contributed by atoms with Gasteiger partial charge in [-0.15, -0.1) is 9.72 Å². The first-order valence-corrected chi connectivity index (χ1v) is 26.7. The normalized spacial score (nSPS) is 11.4. The fourth-order valence-corrected chi connectivity index (χ4v) is 18.8. The van der Waals surface area contributed by atoms with Crippen LogP contribution in [-0.2, 0) is 30.2 Å². The Bertz CT molecular complexity index is 2350. The average Bonchev–Trinajstić information content (AvgIpc) is 3.34. The summed E-state index contributed by atoms with van der Waals surface area (Å²) >= 11 is 0. The fourth-order valence-electron chi connectivity index (χ4n) is 6.43. The van der Waals surface area contributed by atoms with Crippen molar-refractivity contribution in [3.63, 3.8) is 0 Å². The molecule has 0 fully saturated rings. The van der Waals surface area contributed by atoms with Gasteiger partial charge in [0.25, 0.3) is 0 Å². The molecule has 0 aromatic heterocycles. The van der Waals surface area contributed by atoms with Crippen molar-refractivity contribution >= 4 is 87.7 Å². The van der Waals surface area contributed by atoms with Crippen molar-refractivity contribution in [1.29, 1.82) is 0 Å². The van der Waals surface area contributed by atoms with E-state index >= 15 is 0 Å². The molecule has 19 heteroatoms. The summed E-state index contributed by atoms with van der Waals surface area (Å²) in [6.07, 6.45) is 0. The molecular weight excluding hydrogens is 1130 g/mol. The van der Waals surface area contributed by atoms with E-state index in [1.165, 1.54) is 21.2 Å². The Balaban J connectivity index is 0.000000241. The van der Waals surface area contributed by atoms with Crippen molar-refractivity contribution in [2.75, 3.05) is 0 Å². The summed E-state index contributed by atoms with van der Waals surface area (Å²) in [6, 6.07) is 80.4. The van der Waals surface area contributed by atoms with Crippen molar-refractivity contribution in [1.82, 2.24) is 9.72 Å². The van der Waals surface area contributed by atoms with Crippen LogP contribution in [0.4, 0.5) is 34.5 Å². The van der Waals surface area contributed by atoms with Gasteiger partial charge in [0.05, 0.1) is 0 Å². The van der Waals surface area contributed by atoms with Crippen LogP contribution in [0.1, 0.15) is 0 Å². The Morgan fingerprint density at radius 3 is 0.567 bits per heavy atom. The molecule has 0 saturated heterocycles. The Morgan fingerprint density at radius 1 is 0.284 bits per heavy atom. The van der Waals surface area contributed by atoms with Gasteiger partial charge in [0.15, 0.2) is 0 Å². The van der Waals surface area contributed by atoms with E-state index in [-0.39, 0.29) is 21.1 Å². The molecule has 8 aromatic carbocycles. The Labute approximate surface area is 402 Å². The molecule has 67 heavy (non-hydrogen) atoms. The molecule has 0 aliphatic heterocycles. The second kappa shape index (κ2) is 26.7. The molecule has 0 aliphatic rings. The Hall–Kier alpha value is -4.74. The molecule has 2 N–H and O–H groups in total. The van der Waals surface area contributed by atoms with Gasteiger partial charge in [-0.25, -0.2) is 0 Å². The molecule has 0 aliphatic carbocycles. The zero-order valence-electron chi connectivity index (χ0n) is 35.3. The SMILES string of the molecule is F[B-](F)(F)F.F[B-](F)(F)F.O=P(N[PH+](c1ccccc1)c1ccccc1)(c1ccccc1)c1ccccc1.O=P(N[PH+](c1ccccc1)c1ccccc1)(c1ccccc1)c1ccccc1.[Pt+2]. The maximum Gasteiger partial charge on any atom is 2.00 e. The third-order valence-electron chi connectivity index (χ3n) is 9.27. The zero-order chi connectivity index (χ0) is 47.5. The van der Waals surface area contributed by atoms with Gasteiger partial charge >= 0.3 is 35.6 Å². The molecule has 8 aromatic rings. The molecule has 0 radical (unpaired) electrons. The first-order chi connectivity index (χ1) is 31.5. The molecule has 0 heterocycles. The van der Waals surface area contributed by atoms with Crippen LogP contribution < -0.4 is 52.2 Å². The topological polar surface area (TPSA) is 58.2 Å². The molecule has 8 rings (SSSR count). The van der Waals surface area contributed by atoms with E-state index in [1.807, 2.05) is 194 Å². The van der Waals surface area contributed by atoms with Crippen LogP contribution in [0.2, 0.25) is 0 Å². The third-order valence-corrected chi connectivity index (χ3v) is 21.3. The van der Waals surface area contributed by atoms with Crippen LogP contribution in [0.25, 0.3) is 0 Å². The zero-order valence-corrected chi connectivity index (χ0v) is 41.4. The summed E-state index contributed by atoms with van der Waals surface area (Å²) < 4.78 is 107. The largest absolute Gasteiger partial charge is 2.00 e. The molecular formula is C48H44B2F8N2O2P4Pt+2. The third kappa shape index (κ3) is 18.0. The number of hydrogen-bond donors (Lipinski definition) is 2. The standard InChI is InChI=1S/2C24H21NOP2.2BF4.Pt/c2*26-28(23-17-9-3-10-18-23,24-19-11-4-12-20-24)25-27(21-13-5-1-6-14-21)22-15-7-2-8-16-22;2*2-1(3,4)5;/h2*1-20H,(H,25,26);;;/q;;2*-1;+2/p+2. The van der Waals surface area contributed by atoms with Crippen LogP contribution in [0.5, 0.6) is 0 Å². The number of nitrogens with one attached hydrogen (secondary N) is 2. The summed E-state index contributed by atoms with van der Waals surface area (Å²) in [7, 11) is -21.0. The van der Waals surface area contributed by atoms with E-state index in [0.717, 1.165) is 21.2 Å². The molecule has 0 unspecified atom stereocenters. The Morgan fingerprint density at radius 2 is 0.418 bits per heavy atom. The van der Waals surface area contributed by atoms with Crippen molar-refractivity contribution in [3.05, 3.63) is 243 Å². The van der Waals surface area contributed by atoms with Gasteiger partial charge in [0.2, 0.25) is 14.6 Å². The quantitative estimate of drug-likeness (QED) is 0.0727. The smallest absolute Gasteiger partial charge is 0.418 e. The van der Waals surface area contributed by atoms with Crippen molar-refractivity contribution < 1.29 is 64.7 Å². The summed E-state index contributed by atoms with van der Waals surface area (Å²) in [5.74, 6) is 0. The van der Waals surface area contributed by atoms with Crippen LogP contribution in [-0.4, -0.2) is 14.5 Å². The molecule has 0 spiro atoms. The van der Waals surface area contributed by atoms with E-state index in [4.69, 9.17) is 0 Å². The van der Waals surface area contributed by atoms with Crippen LogP contribution in [0.3, 0.4) is 0 Å². The van der Waals surface area contributed by atoms with Gasteiger partial charge in [0.1, 0.15) is 37.4 Å². The minimum atomic E-state index is -6.00. The minimum Gasteiger partial charge on any atom is -0.418 e. The predicted molar refractivity (Wildman–Crippen MR) is 267 cm³/mol. The fraction of sp³-hybridized carbons (Fsp3) is 0. The van der Waals surface area contributed by atoms with Crippen LogP contribution in [0, 0.1) is 0 Å². The molecule has 0 saturated carbocycles. The van der Waals surface area contributed by atoms with Gasteiger partial charge in [-0.2, -0.15) is 0 Å². The summed E-state index contributed by atoms with van der Waals surface area (Å²) in [4.78, 5) is 7.31. The van der Waals surface area contributed by atoms with Gasteiger partial charge in [-0.05, 0) is 97.1 Å². The van der Waals surface area contributed by atoms with E-state index in [1.54, 1.807) is 0 Å². The molecule has 0 atom stereocenters. The summed E-state index contributed by atoms with van der Waals surface area (Å²) in [5.41, 5.74) is 0. The van der Waals surface area contributed by atoms with Crippen molar-refractivity contribution in [2.24, 2.45) is 0 Å². The molecule has 0 amide bonds. The van der Waals surface area contributed by atoms with E-state index in [9.17, 15) is 43.7 Å². The van der Waals surface area contributed by atoms with Crippen LogP contribution >= 0.6 is 30.7 Å². The summed E-state index contributed by atoms with van der Waals surface area (Å²) in [5, 5.41) is 8.06. The minimum absolute atomic E-state index is 0. The Kier molecular flexibility index (Phi) is 21.9. The van der Waals surface area contributed by atoms with Gasteiger partial charge in [0, 0.05) is 21.2 Å². The van der Waals surface area contributed by atoms with Crippen LogP contribution in [0.15, 0.2) is 243 Å². The number of rotatable bonds is 12. The van der Waals surface area contributed by atoms with E-state index in [2.05, 4.69) is 58.2 Å². The van der Waals surface area contributed by atoms with Gasteiger partial charge in [-0.1, -0.05) is 146 Å². The number of halogens is 8. The first kappa shape index (κ1) is 54.9. The number of hydrogen-bond acceptors (Lipinski definition) is 2. The monoisotopic (exact) mass is 1170 g/mol. The van der Waals surface area contributed by atoms with E-state index in [0.29, 0.717) is 0 Å². The van der Waals surface area contributed by atoms with E-state index < -0.39 is 45.2 Å². The maximum atomic E-state index is 14.5. The van der Waals surface area contributed by atoms with Crippen molar-refractivity contribution in [2.45, 2.75) is 0 Å². The molecule has 0 bridgehead atoms. The second-order valence-electron chi connectivity index (χ2n) is 14.0. The predicted octanol–water partition coefficient (Wildman–Crippen LogP) is 11.2. The van der Waals surface area contributed by atoms with Gasteiger partial charge in [-0.3, -0.25) is 9.13 Å². The van der Waals surface area contributed by atoms with Gasteiger partial charge < -0.3 is 34.5 Å². The first-order valence-electron chi connectivity index (χ1n) is 20.2. The molecule has 348 valence electrons. The molecule has 4 nitrogen and oxygen atoms in total. The second-order valence-corrected chi connectivity index (χ2v) is 24.1. The number of benzene rings is 8.